The molecular weight excluding hydrogens is 432 g/mol. The Morgan fingerprint density at radius 3 is 2.23 bits per heavy atom. The van der Waals surface area contributed by atoms with Gasteiger partial charge in [-0.3, -0.25) is 9.59 Å². The van der Waals surface area contributed by atoms with Gasteiger partial charge in [-0.25, -0.2) is 0 Å². The lowest BCUT2D eigenvalue weighted by atomic mass is 9.31. The van der Waals surface area contributed by atoms with Crippen LogP contribution in [0.3, 0.4) is 0 Å². The lowest BCUT2D eigenvalue weighted by molar-refractivity contribution is -0.275. The van der Waals surface area contributed by atoms with Crippen molar-refractivity contribution in [3.63, 3.8) is 0 Å². The van der Waals surface area contributed by atoms with Gasteiger partial charge < -0.3 is 4.74 Å². The first kappa shape index (κ1) is 25.5. The Balaban J connectivity index is 1.64. The van der Waals surface area contributed by atoms with Crippen molar-refractivity contribution >= 4 is 11.8 Å². The molecule has 35 heavy (non-hydrogen) atoms. The molecule has 0 unspecified atom stereocenters. The highest BCUT2D eigenvalue weighted by atomic mass is 16.5. The molecule has 5 aliphatic rings. The first-order valence-electron chi connectivity index (χ1n) is 14.5. The Kier molecular flexibility index (Phi) is 5.62. The van der Waals surface area contributed by atoms with Gasteiger partial charge in [-0.05, 0) is 104 Å². The first-order valence-corrected chi connectivity index (χ1v) is 14.5. The molecule has 0 aromatic carbocycles. The van der Waals surface area contributed by atoms with E-state index in [1.54, 1.807) is 6.92 Å². The summed E-state index contributed by atoms with van der Waals surface area (Å²) in [4.78, 5) is 25.6. The maximum Gasteiger partial charge on any atom is 0.302 e. The maximum absolute atomic E-state index is 13.1. The van der Waals surface area contributed by atoms with Crippen molar-refractivity contribution in [2.24, 2.45) is 56.7 Å². The average Bonchev–Trinajstić information content (AvgIpc) is 3.11. The van der Waals surface area contributed by atoms with Gasteiger partial charge in [0.25, 0.3) is 0 Å². The summed E-state index contributed by atoms with van der Waals surface area (Å²) in [6, 6.07) is 0. The van der Waals surface area contributed by atoms with E-state index >= 15 is 0 Å². The van der Waals surface area contributed by atoms with E-state index in [2.05, 4.69) is 55.0 Å². The second kappa shape index (κ2) is 7.70. The number of hydrogen-bond acceptors (Lipinski definition) is 3. The third-order valence-electron chi connectivity index (χ3n) is 13.6. The molecule has 0 radical (unpaired) electrons. The molecule has 3 heteroatoms. The van der Waals surface area contributed by atoms with Crippen molar-refractivity contribution < 1.29 is 14.3 Å². The molecule has 0 saturated heterocycles. The van der Waals surface area contributed by atoms with Crippen LogP contribution in [0, 0.1) is 56.7 Å². The van der Waals surface area contributed by atoms with Crippen LogP contribution in [0.5, 0.6) is 0 Å². The minimum Gasteiger partial charge on any atom is -0.462 e. The number of ether oxygens (including phenoxy) is 1. The molecule has 0 bridgehead atoms. The topological polar surface area (TPSA) is 43.4 Å². The minimum absolute atomic E-state index is 0.0765. The van der Waals surface area contributed by atoms with Crippen LogP contribution in [-0.4, -0.2) is 17.9 Å². The van der Waals surface area contributed by atoms with E-state index < -0.39 is 0 Å². The molecule has 196 valence electrons. The predicted molar refractivity (Wildman–Crippen MR) is 141 cm³/mol. The number of Topliss-reactive ketones (excluding diaryl/α,β-unsaturated/α-hetero) is 1. The molecule has 0 heterocycles. The van der Waals surface area contributed by atoms with Crippen LogP contribution in [0.25, 0.3) is 0 Å². The molecule has 0 aliphatic heterocycles. The van der Waals surface area contributed by atoms with Gasteiger partial charge in [0.15, 0.2) is 0 Å². The third-order valence-corrected chi connectivity index (χ3v) is 13.6. The largest absolute Gasteiger partial charge is 0.462 e. The molecule has 3 nitrogen and oxygen atoms in total. The van der Waals surface area contributed by atoms with E-state index in [-0.39, 0.29) is 39.7 Å². The summed E-state index contributed by atoms with van der Waals surface area (Å²) in [7, 11) is 0. The van der Waals surface area contributed by atoms with Gasteiger partial charge in [0.05, 0.1) is 0 Å². The summed E-state index contributed by atoms with van der Waals surface area (Å²) >= 11 is 0. The summed E-state index contributed by atoms with van der Waals surface area (Å²) < 4.78 is 6.34. The highest BCUT2D eigenvalue weighted by Crippen LogP contribution is 2.77. The number of esters is 1. The predicted octanol–water partition coefficient (Wildman–Crippen LogP) is 7.77. The summed E-state index contributed by atoms with van der Waals surface area (Å²) in [5.74, 6) is 2.92. The summed E-state index contributed by atoms with van der Waals surface area (Å²) in [6.07, 6.45) is 9.97. The third kappa shape index (κ3) is 3.14. The van der Waals surface area contributed by atoms with Crippen molar-refractivity contribution in [3.05, 3.63) is 12.2 Å². The fraction of sp³-hybridized carbons (Fsp3) is 0.875. The number of carbonyl (C=O) groups is 2. The van der Waals surface area contributed by atoms with Crippen LogP contribution in [0.15, 0.2) is 12.2 Å². The molecular formula is C32H50O3. The molecule has 0 N–H and O–H groups in total. The normalized spacial score (nSPS) is 52.5. The second-order valence-corrected chi connectivity index (χ2v) is 15.1. The van der Waals surface area contributed by atoms with Crippen LogP contribution in [-0.2, 0) is 14.3 Å². The van der Waals surface area contributed by atoms with E-state index in [0.29, 0.717) is 41.3 Å². The Labute approximate surface area is 214 Å². The summed E-state index contributed by atoms with van der Waals surface area (Å²) in [6.45, 7) is 22.8. The Hall–Kier alpha value is -1.12. The lowest BCUT2D eigenvalue weighted by Crippen LogP contribution is -2.70. The molecule has 5 aliphatic carbocycles. The van der Waals surface area contributed by atoms with Gasteiger partial charge in [0.1, 0.15) is 11.9 Å². The number of rotatable bonds is 2. The minimum atomic E-state index is -0.355. The zero-order valence-corrected chi connectivity index (χ0v) is 23.8. The number of fused-ring (bicyclic) bond motifs is 7. The van der Waals surface area contributed by atoms with Gasteiger partial charge in [0.2, 0.25) is 0 Å². The van der Waals surface area contributed by atoms with E-state index in [4.69, 9.17) is 4.74 Å². The molecule has 0 amide bonds. The van der Waals surface area contributed by atoms with Crippen LogP contribution in [0.1, 0.15) is 113 Å². The van der Waals surface area contributed by atoms with Gasteiger partial charge in [-0.15, -0.1) is 0 Å². The monoisotopic (exact) mass is 482 g/mol. The lowest BCUT2D eigenvalue weighted by Gasteiger charge is -2.73. The smallest absolute Gasteiger partial charge is 0.302 e. The van der Waals surface area contributed by atoms with Gasteiger partial charge in [0, 0.05) is 24.2 Å². The standard InChI is InChI=1S/C32H50O3/c1-19(2)21-12-14-29(6)16-17-31(8)22(27(21)29)10-11-23-30(7)15-13-25(34)28(4,5)24(30)18-26(32(23,31)9)35-20(3)33/h21-24,26-27H,1,10-18H2,2-9H3/t21-,22+,23+,24-,26-,27+,29+,30+,31+,32-/m0/s1. The molecule has 0 aromatic rings. The van der Waals surface area contributed by atoms with Crippen LogP contribution in [0.2, 0.25) is 0 Å². The van der Waals surface area contributed by atoms with E-state index in [0.717, 1.165) is 12.8 Å². The Morgan fingerprint density at radius 2 is 1.60 bits per heavy atom. The average molecular weight is 483 g/mol. The second-order valence-electron chi connectivity index (χ2n) is 15.1. The van der Waals surface area contributed by atoms with Crippen LogP contribution in [0.4, 0.5) is 0 Å². The van der Waals surface area contributed by atoms with E-state index in [1.807, 2.05) is 0 Å². The molecule has 0 spiro atoms. The summed E-state index contributed by atoms with van der Waals surface area (Å²) in [5.41, 5.74) is 1.58. The molecule has 5 fully saturated rings. The quantitative estimate of drug-likeness (QED) is 0.298. The zero-order chi connectivity index (χ0) is 25.8. The van der Waals surface area contributed by atoms with Crippen molar-refractivity contribution in [1.82, 2.24) is 0 Å². The van der Waals surface area contributed by atoms with Gasteiger partial charge in [-0.1, -0.05) is 53.7 Å². The van der Waals surface area contributed by atoms with Crippen molar-refractivity contribution in [3.8, 4) is 0 Å². The van der Waals surface area contributed by atoms with E-state index in [9.17, 15) is 9.59 Å². The highest BCUT2D eigenvalue weighted by molar-refractivity contribution is 5.85. The zero-order valence-electron chi connectivity index (χ0n) is 23.8. The number of hydrogen-bond donors (Lipinski definition) is 0. The first-order chi connectivity index (χ1) is 16.1. The van der Waals surface area contributed by atoms with E-state index in [1.165, 1.54) is 44.1 Å². The Bertz CT molecular complexity index is 948. The molecule has 0 aromatic heterocycles. The summed E-state index contributed by atoms with van der Waals surface area (Å²) in [5, 5.41) is 0. The fourth-order valence-electron chi connectivity index (χ4n) is 11.6. The van der Waals surface area contributed by atoms with Crippen molar-refractivity contribution in [2.75, 3.05) is 0 Å². The van der Waals surface area contributed by atoms with Crippen molar-refractivity contribution in [1.29, 1.82) is 0 Å². The molecule has 10 atom stereocenters. The SMILES string of the molecule is C=C(C)[C@@H]1CC[C@]2(C)CC[C@]3(C)[C@H](CC[C@@H]4[C@@]5(C)CCC(=O)C(C)(C)[C@@H]5C[C@H](OC(C)=O)[C@]43C)[C@@H]12. The highest BCUT2D eigenvalue weighted by Gasteiger charge is 2.73. The fourth-order valence-corrected chi connectivity index (χ4v) is 11.6. The van der Waals surface area contributed by atoms with Crippen LogP contribution < -0.4 is 0 Å². The Morgan fingerprint density at radius 1 is 0.914 bits per heavy atom. The van der Waals surface area contributed by atoms with Crippen molar-refractivity contribution in [2.45, 2.75) is 119 Å². The van der Waals surface area contributed by atoms with Gasteiger partial charge >= 0.3 is 5.97 Å². The number of ketones is 1. The van der Waals surface area contributed by atoms with Crippen LogP contribution >= 0.6 is 0 Å². The molecule has 5 rings (SSSR count). The number of carbonyl (C=O) groups excluding carboxylic acids is 2. The maximum atomic E-state index is 13.1. The molecule has 5 saturated carbocycles. The number of allylic oxidation sites excluding steroid dienone is 1. The van der Waals surface area contributed by atoms with Gasteiger partial charge in [-0.2, -0.15) is 0 Å².